The Bertz CT molecular complexity index is 475. The summed E-state index contributed by atoms with van der Waals surface area (Å²) in [5, 5.41) is 9.75. The van der Waals surface area contributed by atoms with Crippen LogP contribution in [0.3, 0.4) is 0 Å². The molecule has 0 atom stereocenters. The lowest BCUT2D eigenvalue weighted by molar-refractivity contribution is -0.147. The van der Waals surface area contributed by atoms with Gasteiger partial charge in [-0.05, 0) is 33.3 Å². The van der Waals surface area contributed by atoms with Crippen LogP contribution in [-0.2, 0) is 11.3 Å². The van der Waals surface area contributed by atoms with E-state index in [-0.39, 0.29) is 5.91 Å². The van der Waals surface area contributed by atoms with E-state index in [1.807, 2.05) is 26.0 Å². The summed E-state index contributed by atoms with van der Waals surface area (Å²) in [5.41, 5.74) is 1.75. The van der Waals surface area contributed by atoms with Crippen LogP contribution >= 0.6 is 0 Å². The molecule has 0 aliphatic carbocycles. The molecule has 0 aliphatic heterocycles. The molecule has 1 aromatic carbocycles. The summed E-state index contributed by atoms with van der Waals surface area (Å²) < 4.78 is 5.40. The highest BCUT2D eigenvalue weighted by atomic mass is 16.5. The van der Waals surface area contributed by atoms with E-state index in [9.17, 15) is 9.90 Å². The van der Waals surface area contributed by atoms with Gasteiger partial charge in [-0.25, -0.2) is 0 Å². The van der Waals surface area contributed by atoms with Gasteiger partial charge in [0.2, 0.25) is 0 Å². The summed E-state index contributed by atoms with van der Waals surface area (Å²) in [6.07, 6.45) is 0. The zero-order valence-corrected chi connectivity index (χ0v) is 12.6. The van der Waals surface area contributed by atoms with Gasteiger partial charge in [0.25, 0.3) is 5.91 Å². The van der Waals surface area contributed by atoms with Crippen LogP contribution in [0.2, 0.25) is 0 Å². The number of carbonyl (C=O) groups is 1. The Morgan fingerprint density at radius 2 is 1.95 bits per heavy atom. The maximum absolute atomic E-state index is 12.0. The largest absolute Gasteiger partial charge is 0.496 e. The third-order valence-electron chi connectivity index (χ3n) is 2.98. The van der Waals surface area contributed by atoms with Gasteiger partial charge in [-0.15, -0.1) is 0 Å². The van der Waals surface area contributed by atoms with Crippen LogP contribution in [0.5, 0.6) is 5.75 Å². The number of nitrogens with zero attached hydrogens (tertiary/aromatic N) is 1. The van der Waals surface area contributed by atoms with Gasteiger partial charge >= 0.3 is 0 Å². The molecule has 0 saturated carbocycles. The molecular formula is C15H23NO3. The van der Waals surface area contributed by atoms with Crippen molar-refractivity contribution in [3.8, 4) is 5.75 Å². The standard InChI is InChI=1S/C15H23NO3/c1-10-7-11(2)13(19-6)12(8-10)9-16(5)14(17)15(3,4)18/h7-8,18H,9H2,1-6H3. The van der Waals surface area contributed by atoms with Crippen LogP contribution in [0, 0.1) is 13.8 Å². The van der Waals surface area contributed by atoms with Gasteiger partial charge in [0.1, 0.15) is 11.4 Å². The van der Waals surface area contributed by atoms with Crippen LogP contribution in [0.1, 0.15) is 30.5 Å². The number of ether oxygens (including phenoxy) is 1. The summed E-state index contributed by atoms with van der Waals surface area (Å²) in [5.74, 6) is 0.481. The molecule has 4 nitrogen and oxygen atoms in total. The monoisotopic (exact) mass is 265 g/mol. The van der Waals surface area contributed by atoms with E-state index in [0.29, 0.717) is 6.54 Å². The fourth-order valence-electron chi connectivity index (χ4n) is 2.25. The van der Waals surface area contributed by atoms with Gasteiger partial charge in [-0.1, -0.05) is 17.7 Å². The van der Waals surface area contributed by atoms with Crippen molar-refractivity contribution >= 4 is 5.91 Å². The molecule has 0 radical (unpaired) electrons. The Balaban J connectivity index is 3.03. The van der Waals surface area contributed by atoms with Gasteiger partial charge in [-0.3, -0.25) is 4.79 Å². The second-order valence-corrected chi connectivity index (χ2v) is 5.49. The highest BCUT2D eigenvalue weighted by Crippen LogP contribution is 2.26. The number of aryl methyl sites for hydroxylation is 2. The molecule has 0 fully saturated rings. The minimum atomic E-state index is -1.36. The van der Waals surface area contributed by atoms with Crippen LogP contribution in [0.25, 0.3) is 0 Å². The molecule has 1 N–H and O–H groups in total. The molecule has 1 aromatic rings. The predicted molar refractivity (Wildman–Crippen MR) is 75.2 cm³/mol. The van der Waals surface area contributed by atoms with E-state index < -0.39 is 5.60 Å². The fraction of sp³-hybridized carbons (Fsp3) is 0.533. The van der Waals surface area contributed by atoms with Crippen molar-refractivity contribution in [3.05, 3.63) is 28.8 Å². The molecule has 106 valence electrons. The van der Waals surface area contributed by atoms with Crippen molar-refractivity contribution in [2.45, 2.75) is 39.8 Å². The summed E-state index contributed by atoms with van der Waals surface area (Å²) in [6, 6.07) is 4.04. The molecule has 1 amide bonds. The Labute approximate surface area is 115 Å². The molecule has 0 spiro atoms. The quantitative estimate of drug-likeness (QED) is 0.906. The Morgan fingerprint density at radius 3 is 2.42 bits per heavy atom. The van der Waals surface area contributed by atoms with Gasteiger partial charge < -0.3 is 14.7 Å². The summed E-state index contributed by atoms with van der Waals surface area (Å²) >= 11 is 0. The first kappa shape index (κ1) is 15.5. The van der Waals surface area contributed by atoms with E-state index in [2.05, 4.69) is 0 Å². The second-order valence-electron chi connectivity index (χ2n) is 5.49. The summed E-state index contributed by atoms with van der Waals surface area (Å²) in [4.78, 5) is 13.5. The summed E-state index contributed by atoms with van der Waals surface area (Å²) in [7, 11) is 3.30. The highest BCUT2D eigenvalue weighted by molar-refractivity contribution is 5.83. The molecule has 1 rings (SSSR count). The maximum Gasteiger partial charge on any atom is 0.253 e. The lowest BCUT2D eigenvalue weighted by atomic mass is 10.0. The Hall–Kier alpha value is -1.55. The minimum Gasteiger partial charge on any atom is -0.496 e. The molecule has 4 heteroatoms. The second kappa shape index (κ2) is 5.61. The van der Waals surface area contributed by atoms with E-state index in [4.69, 9.17) is 4.74 Å². The molecule has 19 heavy (non-hydrogen) atoms. The van der Waals surface area contributed by atoms with E-state index in [1.165, 1.54) is 18.7 Å². The van der Waals surface area contributed by atoms with Crippen molar-refractivity contribution < 1.29 is 14.6 Å². The van der Waals surface area contributed by atoms with Crippen LogP contribution in [0.4, 0.5) is 0 Å². The van der Waals surface area contributed by atoms with Crippen molar-refractivity contribution in [1.82, 2.24) is 4.90 Å². The topological polar surface area (TPSA) is 49.8 Å². The fourth-order valence-corrected chi connectivity index (χ4v) is 2.25. The molecule has 0 saturated heterocycles. The normalized spacial score (nSPS) is 11.3. The number of likely N-dealkylation sites (N-methyl/N-ethyl adjacent to an activating group) is 1. The lowest BCUT2D eigenvalue weighted by Crippen LogP contribution is -2.42. The lowest BCUT2D eigenvalue weighted by Gasteiger charge is -2.26. The smallest absolute Gasteiger partial charge is 0.253 e. The highest BCUT2D eigenvalue weighted by Gasteiger charge is 2.27. The molecule has 0 aliphatic rings. The zero-order chi connectivity index (χ0) is 14.8. The van der Waals surface area contributed by atoms with E-state index in [1.54, 1.807) is 14.2 Å². The number of hydrogen-bond donors (Lipinski definition) is 1. The SMILES string of the molecule is COc1c(C)cc(C)cc1CN(C)C(=O)C(C)(C)O. The first-order valence-electron chi connectivity index (χ1n) is 6.29. The molecule has 0 bridgehead atoms. The van der Waals surface area contributed by atoms with Gasteiger partial charge in [0.15, 0.2) is 0 Å². The van der Waals surface area contributed by atoms with Crippen LogP contribution in [-0.4, -0.2) is 35.7 Å². The van der Waals surface area contributed by atoms with Crippen molar-refractivity contribution in [3.63, 3.8) is 0 Å². The van der Waals surface area contributed by atoms with Crippen molar-refractivity contribution in [2.24, 2.45) is 0 Å². The van der Waals surface area contributed by atoms with Gasteiger partial charge in [0, 0.05) is 19.2 Å². The first-order valence-corrected chi connectivity index (χ1v) is 6.29. The van der Waals surface area contributed by atoms with Crippen LogP contribution in [0.15, 0.2) is 12.1 Å². The average Bonchev–Trinajstić information content (AvgIpc) is 2.26. The van der Waals surface area contributed by atoms with E-state index >= 15 is 0 Å². The third kappa shape index (κ3) is 3.70. The number of carbonyl (C=O) groups excluding carboxylic acids is 1. The molecule has 0 aromatic heterocycles. The first-order chi connectivity index (χ1) is 8.66. The Morgan fingerprint density at radius 1 is 1.37 bits per heavy atom. The molecular weight excluding hydrogens is 242 g/mol. The zero-order valence-electron chi connectivity index (χ0n) is 12.6. The summed E-state index contributed by atoms with van der Waals surface area (Å²) in [6.45, 7) is 7.38. The molecule has 0 unspecified atom stereocenters. The number of rotatable bonds is 4. The molecule has 0 heterocycles. The maximum atomic E-state index is 12.0. The van der Waals surface area contributed by atoms with Crippen LogP contribution < -0.4 is 4.74 Å². The Kier molecular flexibility index (Phi) is 4.58. The number of benzene rings is 1. The third-order valence-corrected chi connectivity index (χ3v) is 2.98. The number of hydrogen-bond acceptors (Lipinski definition) is 3. The van der Waals surface area contributed by atoms with E-state index in [0.717, 1.165) is 22.4 Å². The van der Waals surface area contributed by atoms with Crippen molar-refractivity contribution in [1.29, 1.82) is 0 Å². The van der Waals surface area contributed by atoms with Gasteiger partial charge in [0.05, 0.1) is 7.11 Å². The number of aliphatic hydroxyl groups is 1. The average molecular weight is 265 g/mol. The number of methoxy groups -OCH3 is 1. The minimum absolute atomic E-state index is 0.311. The number of amides is 1. The predicted octanol–water partition coefficient (Wildman–Crippen LogP) is 2.04. The van der Waals surface area contributed by atoms with Crippen molar-refractivity contribution in [2.75, 3.05) is 14.2 Å². The van der Waals surface area contributed by atoms with Gasteiger partial charge in [-0.2, -0.15) is 0 Å².